The fourth-order valence-electron chi connectivity index (χ4n) is 3.30. The largest absolute Gasteiger partial charge is 0.307 e. The average Bonchev–Trinajstić information content (AvgIpc) is 2.74. The molecule has 0 fully saturated rings. The molecule has 3 nitrogen and oxygen atoms in total. The van der Waals surface area contributed by atoms with Crippen LogP contribution in [0, 0.1) is 0 Å². The first kappa shape index (κ1) is 17.0. The molecule has 3 aromatic carbocycles. The molecule has 1 aromatic heterocycles. The molecule has 4 rings (SSSR count). The van der Waals surface area contributed by atoms with Gasteiger partial charge in [-0.3, -0.25) is 4.79 Å². The maximum atomic E-state index is 13.5. The summed E-state index contributed by atoms with van der Waals surface area (Å²) in [5, 5.41) is 1.02. The lowest BCUT2D eigenvalue weighted by molar-refractivity contribution is 0.0984. The van der Waals surface area contributed by atoms with Crippen molar-refractivity contribution >= 4 is 22.5 Å². The Morgan fingerprint density at radius 2 is 1.48 bits per heavy atom. The molecule has 1 amide bonds. The fourth-order valence-corrected chi connectivity index (χ4v) is 3.30. The number of aromatic nitrogens is 1. The van der Waals surface area contributed by atoms with E-state index in [1.165, 1.54) is 0 Å². The van der Waals surface area contributed by atoms with Gasteiger partial charge in [0, 0.05) is 23.2 Å². The third-order valence-electron chi connectivity index (χ3n) is 4.64. The minimum absolute atomic E-state index is 0.0895. The number of pyridine rings is 1. The molecule has 0 atom stereocenters. The minimum Gasteiger partial charge on any atom is -0.307 e. The standard InChI is InChI=1S/C24H20N2O/c1-2-26(20-14-7-4-8-15-20)24(27)23-21(18-11-5-3-6-12-18)17-19-13-9-10-16-22(19)25-23/h3-17H,2H2,1H3. The molecule has 0 radical (unpaired) electrons. The van der Waals surface area contributed by atoms with Gasteiger partial charge < -0.3 is 4.90 Å². The van der Waals surface area contributed by atoms with Crippen molar-refractivity contribution in [1.82, 2.24) is 4.98 Å². The Balaban J connectivity index is 1.90. The zero-order valence-electron chi connectivity index (χ0n) is 15.2. The van der Waals surface area contributed by atoms with Crippen molar-refractivity contribution < 1.29 is 4.79 Å². The summed E-state index contributed by atoms with van der Waals surface area (Å²) >= 11 is 0. The lowest BCUT2D eigenvalue weighted by Gasteiger charge is -2.22. The number of amides is 1. The number of fused-ring (bicyclic) bond motifs is 1. The van der Waals surface area contributed by atoms with E-state index in [1.807, 2.05) is 91.9 Å². The lowest BCUT2D eigenvalue weighted by Crippen LogP contribution is -2.31. The second-order valence-electron chi connectivity index (χ2n) is 6.33. The number of anilines is 1. The van der Waals surface area contributed by atoms with E-state index in [-0.39, 0.29) is 5.91 Å². The quantitative estimate of drug-likeness (QED) is 0.481. The van der Waals surface area contributed by atoms with Crippen LogP contribution in [0.4, 0.5) is 5.69 Å². The van der Waals surface area contributed by atoms with E-state index in [0.717, 1.165) is 27.7 Å². The number of rotatable bonds is 4. The van der Waals surface area contributed by atoms with E-state index in [2.05, 4.69) is 6.07 Å². The predicted octanol–water partition coefficient (Wildman–Crippen LogP) is 5.57. The minimum atomic E-state index is -0.0895. The number of benzene rings is 3. The first-order valence-electron chi connectivity index (χ1n) is 9.10. The molecule has 0 bridgehead atoms. The molecule has 0 saturated heterocycles. The molecule has 0 spiro atoms. The number of carbonyl (C=O) groups excluding carboxylic acids is 1. The van der Waals surface area contributed by atoms with Crippen LogP contribution >= 0.6 is 0 Å². The maximum Gasteiger partial charge on any atom is 0.277 e. The summed E-state index contributed by atoms with van der Waals surface area (Å²) in [6.45, 7) is 2.56. The summed E-state index contributed by atoms with van der Waals surface area (Å²) in [6, 6.07) is 29.7. The highest BCUT2D eigenvalue weighted by atomic mass is 16.2. The normalized spacial score (nSPS) is 10.7. The van der Waals surface area contributed by atoms with Gasteiger partial charge in [-0.15, -0.1) is 0 Å². The van der Waals surface area contributed by atoms with Crippen molar-refractivity contribution in [1.29, 1.82) is 0 Å². The molecular weight excluding hydrogens is 332 g/mol. The van der Waals surface area contributed by atoms with E-state index in [0.29, 0.717) is 12.2 Å². The van der Waals surface area contributed by atoms with Gasteiger partial charge in [-0.2, -0.15) is 0 Å². The molecule has 0 aliphatic rings. The highest BCUT2D eigenvalue weighted by Gasteiger charge is 2.22. The summed E-state index contributed by atoms with van der Waals surface area (Å²) in [7, 11) is 0. The number of nitrogens with zero attached hydrogens (tertiary/aromatic N) is 2. The second kappa shape index (κ2) is 7.42. The smallest absolute Gasteiger partial charge is 0.277 e. The summed E-state index contributed by atoms with van der Waals surface area (Å²) < 4.78 is 0. The Kier molecular flexibility index (Phi) is 4.67. The van der Waals surface area contributed by atoms with Gasteiger partial charge in [0.25, 0.3) is 5.91 Å². The van der Waals surface area contributed by atoms with Gasteiger partial charge in [-0.1, -0.05) is 66.7 Å². The van der Waals surface area contributed by atoms with Crippen LogP contribution in [0.15, 0.2) is 91.0 Å². The topological polar surface area (TPSA) is 33.2 Å². The molecule has 3 heteroatoms. The Morgan fingerprint density at radius 3 is 2.19 bits per heavy atom. The van der Waals surface area contributed by atoms with Gasteiger partial charge in [0.1, 0.15) is 5.69 Å². The Bertz CT molecular complexity index is 1080. The van der Waals surface area contributed by atoms with Crippen molar-refractivity contribution in [2.75, 3.05) is 11.4 Å². The molecule has 1 heterocycles. The number of hydrogen-bond donors (Lipinski definition) is 0. The van der Waals surface area contributed by atoms with E-state index < -0.39 is 0 Å². The number of hydrogen-bond acceptors (Lipinski definition) is 2. The van der Waals surface area contributed by atoms with Crippen LogP contribution in [-0.2, 0) is 0 Å². The lowest BCUT2D eigenvalue weighted by atomic mass is 10.0. The van der Waals surface area contributed by atoms with Gasteiger partial charge in [-0.05, 0) is 36.8 Å². The van der Waals surface area contributed by atoms with Crippen molar-refractivity contribution in [3.63, 3.8) is 0 Å². The third kappa shape index (κ3) is 3.32. The van der Waals surface area contributed by atoms with Crippen molar-refractivity contribution in [3.8, 4) is 11.1 Å². The predicted molar refractivity (Wildman–Crippen MR) is 111 cm³/mol. The first-order valence-corrected chi connectivity index (χ1v) is 9.10. The van der Waals surface area contributed by atoms with E-state index >= 15 is 0 Å². The molecular formula is C24H20N2O. The highest BCUT2D eigenvalue weighted by Crippen LogP contribution is 2.28. The molecule has 0 saturated carbocycles. The zero-order chi connectivity index (χ0) is 18.6. The molecule has 0 aliphatic heterocycles. The molecule has 0 N–H and O–H groups in total. The summed E-state index contributed by atoms with van der Waals surface area (Å²) in [6.07, 6.45) is 0. The summed E-state index contributed by atoms with van der Waals surface area (Å²) in [5.41, 5.74) is 4.02. The zero-order valence-corrected chi connectivity index (χ0v) is 15.2. The number of para-hydroxylation sites is 2. The Labute approximate surface area is 158 Å². The van der Waals surface area contributed by atoms with Crippen molar-refractivity contribution in [3.05, 3.63) is 96.7 Å². The van der Waals surface area contributed by atoms with Gasteiger partial charge in [0.2, 0.25) is 0 Å². The maximum absolute atomic E-state index is 13.5. The van der Waals surface area contributed by atoms with Crippen LogP contribution in [0.5, 0.6) is 0 Å². The third-order valence-corrected chi connectivity index (χ3v) is 4.64. The van der Waals surface area contributed by atoms with Crippen LogP contribution in [0.1, 0.15) is 17.4 Å². The average molecular weight is 352 g/mol. The molecule has 132 valence electrons. The van der Waals surface area contributed by atoms with Crippen LogP contribution < -0.4 is 4.90 Å². The summed E-state index contributed by atoms with van der Waals surface area (Å²) in [4.78, 5) is 20.0. The van der Waals surface area contributed by atoms with E-state index in [9.17, 15) is 4.79 Å². The fraction of sp³-hybridized carbons (Fsp3) is 0.0833. The molecule has 0 unspecified atom stereocenters. The van der Waals surface area contributed by atoms with E-state index in [4.69, 9.17) is 4.98 Å². The van der Waals surface area contributed by atoms with Gasteiger partial charge >= 0.3 is 0 Å². The van der Waals surface area contributed by atoms with E-state index in [1.54, 1.807) is 4.90 Å². The Morgan fingerprint density at radius 1 is 0.852 bits per heavy atom. The van der Waals surface area contributed by atoms with Crippen LogP contribution in [-0.4, -0.2) is 17.4 Å². The van der Waals surface area contributed by atoms with Crippen molar-refractivity contribution in [2.45, 2.75) is 6.92 Å². The number of carbonyl (C=O) groups is 1. The Hall–Kier alpha value is -3.46. The van der Waals surface area contributed by atoms with Gasteiger partial charge in [0.15, 0.2) is 0 Å². The van der Waals surface area contributed by atoms with Crippen LogP contribution in [0.25, 0.3) is 22.0 Å². The van der Waals surface area contributed by atoms with Gasteiger partial charge in [-0.25, -0.2) is 4.98 Å². The monoisotopic (exact) mass is 352 g/mol. The highest BCUT2D eigenvalue weighted by molar-refractivity contribution is 6.10. The van der Waals surface area contributed by atoms with Gasteiger partial charge in [0.05, 0.1) is 5.52 Å². The molecule has 4 aromatic rings. The SMILES string of the molecule is CCN(C(=O)c1nc2ccccc2cc1-c1ccccc1)c1ccccc1. The second-order valence-corrected chi connectivity index (χ2v) is 6.33. The molecule has 27 heavy (non-hydrogen) atoms. The first-order chi connectivity index (χ1) is 13.3. The van der Waals surface area contributed by atoms with Crippen molar-refractivity contribution in [2.24, 2.45) is 0 Å². The summed E-state index contributed by atoms with van der Waals surface area (Å²) in [5.74, 6) is -0.0895. The molecule has 0 aliphatic carbocycles. The van der Waals surface area contributed by atoms with Crippen LogP contribution in [0.3, 0.4) is 0 Å². The van der Waals surface area contributed by atoms with Crippen LogP contribution in [0.2, 0.25) is 0 Å².